The van der Waals surface area contributed by atoms with E-state index in [1.54, 1.807) is 0 Å². The molecule has 5 nitrogen and oxygen atoms in total. The van der Waals surface area contributed by atoms with E-state index in [1.807, 2.05) is 14.0 Å². The molecule has 23 heavy (non-hydrogen) atoms. The van der Waals surface area contributed by atoms with Gasteiger partial charge in [-0.3, -0.25) is 4.99 Å². The molecule has 9 heteroatoms. The van der Waals surface area contributed by atoms with Crippen LogP contribution in [0.25, 0.3) is 0 Å². The van der Waals surface area contributed by atoms with Crippen LogP contribution >= 0.6 is 11.3 Å². The molecular formula is C14H24F3N5S. The smallest absolute Gasteiger partial charge is 0.357 e. The van der Waals surface area contributed by atoms with Crippen molar-refractivity contribution in [3.63, 3.8) is 0 Å². The van der Waals surface area contributed by atoms with Gasteiger partial charge in [-0.05, 0) is 20.5 Å². The molecule has 0 aliphatic rings. The van der Waals surface area contributed by atoms with E-state index in [4.69, 9.17) is 0 Å². The van der Waals surface area contributed by atoms with Crippen LogP contribution in [0, 0.1) is 0 Å². The molecule has 0 aliphatic heterocycles. The van der Waals surface area contributed by atoms with Gasteiger partial charge in [-0.15, -0.1) is 11.3 Å². The third-order valence-corrected chi connectivity index (χ3v) is 4.02. The highest BCUT2D eigenvalue weighted by atomic mass is 32.1. The maximum absolute atomic E-state index is 12.5. The second kappa shape index (κ2) is 9.71. The van der Waals surface area contributed by atoms with Gasteiger partial charge in [0.1, 0.15) is 0 Å². The molecule has 0 spiro atoms. The second-order valence-corrected chi connectivity index (χ2v) is 5.90. The van der Waals surface area contributed by atoms with Crippen molar-refractivity contribution in [3.8, 4) is 0 Å². The second-order valence-electron chi connectivity index (χ2n) is 4.96. The molecule has 0 fully saturated rings. The minimum atomic E-state index is -4.37. The predicted octanol–water partition coefficient (Wildman–Crippen LogP) is 2.21. The Bertz CT molecular complexity index is 487. The van der Waals surface area contributed by atoms with Gasteiger partial charge in [-0.1, -0.05) is 6.92 Å². The predicted molar refractivity (Wildman–Crippen MR) is 88.0 cm³/mol. The Morgan fingerprint density at radius 2 is 2.09 bits per heavy atom. The maximum atomic E-state index is 12.5. The Kier molecular flexibility index (Phi) is 8.32. The van der Waals surface area contributed by atoms with Crippen LogP contribution in [-0.2, 0) is 12.6 Å². The van der Waals surface area contributed by atoms with Crippen molar-refractivity contribution in [1.29, 1.82) is 0 Å². The Hall–Kier alpha value is -1.35. The molecule has 0 bridgehead atoms. The monoisotopic (exact) mass is 351 g/mol. The van der Waals surface area contributed by atoms with Gasteiger partial charge in [0, 0.05) is 31.4 Å². The molecule has 1 aromatic heterocycles. The van der Waals surface area contributed by atoms with Gasteiger partial charge < -0.3 is 15.5 Å². The highest BCUT2D eigenvalue weighted by Crippen LogP contribution is 2.29. The lowest BCUT2D eigenvalue weighted by atomic mass is 10.4. The molecule has 0 unspecified atom stereocenters. The maximum Gasteiger partial charge on any atom is 0.434 e. The molecule has 0 atom stereocenters. The lowest BCUT2D eigenvalue weighted by Gasteiger charge is -2.14. The first-order chi connectivity index (χ1) is 10.9. The number of nitrogens with zero attached hydrogens (tertiary/aromatic N) is 3. The summed E-state index contributed by atoms with van der Waals surface area (Å²) in [5.74, 6) is 0.671. The number of aromatic nitrogens is 1. The van der Waals surface area contributed by atoms with Gasteiger partial charge in [-0.2, -0.15) is 13.2 Å². The fraction of sp³-hybridized carbons (Fsp3) is 0.714. The van der Waals surface area contributed by atoms with Gasteiger partial charge in [0.2, 0.25) is 0 Å². The highest BCUT2D eigenvalue weighted by Gasteiger charge is 2.33. The SMILES string of the molecule is CCNC(=NCCN(C)CC)NCCc1nc(C(F)(F)F)cs1. The number of thiazole rings is 1. The average Bonchev–Trinajstić information content (AvgIpc) is 2.96. The Morgan fingerprint density at radius 3 is 2.65 bits per heavy atom. The first kappa shape index (κ1) is 19.7. The van der Waals surface area contributed by atoms with Crippen molar-refractivity contribution in [3.05, 3.63) is 16.1 Å². The number of nitrogens with one attached hydrogen (secondary N) is 2. The van der Waals surface area contributed by atoms with Crippen molar-refractivity contribution in [2.45, 2.75) is 26.4 Å². The average molecular weight is 351 g/mol. The summed E-state index contributed by atoms with van der Waals surface area (Å²) in [4.78, 5) is 10.2. The zero-order valence-electron chi connectivity index (χ0n) is 13.7. The number of aliphatic imine (C=N–C) groups is 1. The van der Waals surface area contributed by atoms with Crippen LogP contribution in [-0.4, -0.2) is 55.6 Å². The molecule has 0 aliphatic carbocycles. The standard InChI is InChI=1S/C14H24F3N5S/c1-4-18-13(20-8-9-22(3)5-2)19-7-6-12-21-11(10-23-12)14(15,16)17/h10H,4-9H2,1-3H3,(H2,18,19,20). The topological polar surface area (TPSA) is 52.6 Å². The van der Waals surface area contributed by atoms with Crippen LogP contribution in [0.4, 0.5) is 13.2 Å². The fourth-order valence-electron chi connectivity index (χ4n) is 1.68. The summed E-state index contributed by atoms with van der Waals surface area (Å²) < 4.78 is 37.4. The van der Waals surface area contributed by atoms with Gasteiger partial charge in [0.25, 0.3) is 0 Å². The van der Waals surface area contributed by atoms with Gasteiger partial charge in [0.05, 0.1) is 11.6 Å². The molecule has 0 radical (unpaired) electrons. The number of hydrogen-bond donors (Lipinski definition) is 2. The molecule has 0 amide bonds. The summed E-state index contributed by atoms with van der Waals surface area (Å²) in [7, 11) is 2.02. The highest BCUT2D eigenvalue weighted by molar-refractivity contribution is 7.09. The van der Waals surface area contributed by atoms with Crippen molar-refractivity contribution in [2.75, 3.05) is 39.8 Å². The minimum Gasteiger partial charge on any atom is -0.357 e. The van der Waals surface area contributed by atoms with Crippen molar-refractivity contribution >= 4 is 17.3 Å². The van der Waals surface area contributed by atoms with Crippen LogP contribution in [0.1, 0.15) is 24.5 Å². The zero-order valence-corrected chi connectivity index (χ0v) is 14.5. The lowest BCUT2D eigenvalue weighted by molar-refractivity contribution is -0.140. The largest absolute Gasteiger partial charge is 0.434 e. The van der Waals surface area contributed by atoms with Crippen LogP contribution in [0.3, 0.4) is 0 Å². The third kappa shape index (κ3) is 7.65. The van der Waals surface area contributed by atoms with E-state index >= 15 is 0 Å². The first-order valence-electron chi connectivity index (χ1n) is 7.59. The summed E-state index contributed by atoms with van der Waals surface area (Å²) in [6, 6.07) is 0. The summed E-state index contributed by atoms with van der Waals surface area (Å²) in [6.07, 6.45) is -3.94. The van der Waals surface area contributed by atoms with Crippen LogP contribution in [0.5, 0.6) is 0 Å². The molecule has 2 N–H and O–H groups in total. The van der Waals surface area contributed by atoms with E-state index in [1.165, 1.54) is 0 Å². The zero-order chi connectivity index (χ0) is 17.3. The van der Waals surface area contributed by atoms with Crippen LogP contribution in [0.15, 0.2) is 10.4 Å². The van der Waals surface area contributed by atoms with Gasteiger partial charge in [0.15, 0.2) is 11.7 Å². The van der Waals surface area contributed by atoms with Gasteiger partial charge in [-0.25, -0.2) is 4.98 Å². The Labute approximate surface area is 139 Å². The van der Waals surface area contributed by atoms with E-state index in [-0.39, 0.29) is 0 Å². The number of likely N-dealkylation sites (N-methyl/N-ethyl adjacent to an activating group) is 1. The first-order valence-corrected chi connectivity index (χ1v) is 8.47. The normalized spacial score (nSPS) is 12.7. The van der Waals surface area contributed by atoms with E-state index in [0.29, 0.717) is 30.5 Å². The van der Waals surface area contributed by atoms with Crippen molar-refractivity contribution in [2.24, 2.45) is 4.99 Å². The van der Waals surface area contributed by atoms with E-state index in [2.05, 4.69) is 32.4 Å². The molecule has 0 aromatic carbocycles. The van der Waals surface area contributed by atoms with Crippen LogP contribution in [0.2, 0.25) is 0 Å². The minimum absolute atomic E-state index is 0.431. The molecule has 1 rings (SSSR count). The molecule has 0 saturated heterocycles. The van der Waals surface area contributed by atoms with E-state index in [9.17, 15) is 13.2 Å². The van der Waals surface area contributed by atoms with Gasteiger partial charge >= 0.3 is 6.18 Å². The van der Waals surface area contributed by atoms with Crippen molar-refractivity contribution < 1.29 is 13.2 Å². The molecule has 1 heterocycles. The number of hydrogen-bond acceptors (Lipinski definition) is 4. The number of alkyl halides is 3. The van der Waals surface area contributed by atoms with E-state index < -0.39 is 11.9 Å². The van der Waals surface area contributed by atoms with Crippen LogP contribution < -0.4 is 10.6 Å². The molecule has 0 saturated carbocycles. The Balaban J connectivity index is 2.43. The van der Waals surface area contributed by atoms with Crippen molar-refractivity contribution in [1.82, 2.24) is 20.5 Å². The number of rotatable bonds is 8. The summed E-state index contributed by atoms with van der Waals surface area (Å²) >= 11 is 1.03. The third-order valence-electron chi connectivity index (χ3n) is 3.11. The fourth-order valence-corrected chi connectivity index (χ4v) is 2.48. The molecular weight excluding hydrogens is 327 g/mol. The number of guanidine groups is 1. The Morgan fingerprint density at radius 1 is 1.35 bits per heavy atom. The lowest BCUT2D eigenvalue weighted by Crippen LogP contribution is -2.39. The molecule has 1 aromatic rings. The summed E-state index contributed by atoms with van der Waals surface area (Å²) in [5, 5.41) is 7.74. The number of halogens is 3. The molecule has 132 valence electrons. The van der Waals surface area contributed by atoms with E-state index in [0.717, 1.165) is 36.4 Å². The quantitative estimate of drug-likeness (QED) is 0.557. The summed E-state index contributed by atoms with van der Waals surface area (Å²) in [6.45, 7) is 7.74. The summed E-state index contributed by atoms with van der Waals surface area (Å²) in [5.41, 5.74) is -0.819.